The standard InChI is InChI=1S/C11H7BrCl2N2O/c1-16-11(12)9(5-17)10(15-16)6-2-7(13)4-8(14)3-6/h2-5H,1H3. The summed E-state index contributed by atoms with van der Waals surface area (Å²) < 4.78 is 2.20. The molecule has 3 nitrogen and oxygen atoms in total. The topological polar surface area (TPSA) is 34.9 Å². The van der Waals surface area contributed by atoms with Crippen molar-refractivity contribution >= 4 is 45.4 Å². The van der Waals surface area contributed by atoms with Gasteiger partial charge >= 0.3 is 0 Å². The van der Waals surface area contributed by atoms with Gasteiger partial charge in [-0.3, -0.25) is 9.48 Å². The maximum absolute atomic E-state index is 11.1. The van der Waals surface area contributed by atoms with Crippen LogP contribution in [-0.4, -0.2) is 16.1 Å². The maximum Gasteiger partial charge on any atom is 0.155 e. The predicted molar refractivity (Wildman–Crippen MR) is 71.8 cm³/mol. The highest BCUT2D eigenvalue weighted by Gasteiger charge is 2.15. The molecule has 0 bridgehead atoms. The number of carbonyl (C=O) groups excluding carboxylic acids is 1. The van der Waals surface area contributed by atoms with Crippen molar-refractivity contribution in [3.8, 4) is 11.3 Å². The molecule has 0 spiro atoms. The van der Waals surface area contributed by atoms with E-state index in [-0.39, 0.29) is 0 Å². The van der Waals surface area contributed by atoms with Gasteiger partial charge in [0.2, 0.25) is 0 Å². The normalized spacial score (nSPS) is 10.6. The number of rotatable bonds is 2. The molecule has 0 aliphatic carbocycles. The second-order valence-corrected chi connectivity index (χ2v) is 5.08. The molecular formula is C11H7BrCl2N2O. The van der Waals surface area contributed by atoms with Gasteiger partial charge in [0.15, 0.2) is 6.29 Å². The van der Waals surface area contributed by atoms with E-state index >= 15 is 0 Å². The van der Waals surface area contributed by atoms with Gasteiger partial charge in [0.1, 0.15) is 10.3 Å². The fourth-order valence-corrected chi connectivity index (χ4v) is 2.41. The summed E-state index contributed by atoms with van der Waals surface area (Å²) in [6.45, 7) is 0. The molecule has 0 unspecified atom stereocenters. The van der Waals surface area contributed by atoms with Gasteiger partial charge in [-0.25, -0.2) is 0 Å². The van der Waals surface area contributed by atoms with Crippen molar-refractivity contribution in [2.45, 2.75) is 0 Å². The van der Waals surface area contributed by atoms with E-state index in [2.05, 4.69) is 21.0 Å². The highest BCUT2D eigenvalue weighted by atomic mass is 79.9. The van der Waals surface area contributed by atoms with Crippen molar-refractivity contribution in [3.63, 3.8) is 0 Å². The maximum atomic E-state index is 11.1. The van der Waals surface area contributed by atoms with Crippen LogP contribution in [0, 0.1) is 0 Å². The quantitative estimate of drug-likeness (QED) is 0.779. The van der Waals surface area contributed by atoms with Crippen LogP contribution in [-0.2, 0) is 7.05 Å². The Kier molecular flexibility index (Phi) is 3.56. The summed E-state index contributed by atoms with van der Waals surface area (Å²) in [7, 11) is 1.74. The molecule has 6 heteroatoms. The van der Waals surface area contributed by atoms with E-state index in [0.29, 0.717) is 31.5 Å². The van der Waals surface area contributed by atoms with Gasteiger partial charge in [-0.2, -0.15) is 5.10 Å². The van der Waals surface area contributed by atoms with E-state index in [1.807, 2.05) is 0 Å². The molecule has 0 fully saturated rings. The van der Waals surface area contributed by atoms with Gasteiger partial charge in [-0.1, -0.05) is 23.2 Å². The number of nitrogens with zero attached hydrogens (tertiary/aromatic N) is 2. The molecule has 0 aliphatic rings. The molecule has 17 heavy (non-hydrogen) atoms. The number of hydrogen-bond acceptors (Lipinski definition) is 2. The Morgan fingerprint density at radius 1 is 1.29 bits per heavy atom. The average molecular weight is 334 g/mol. The van der Waals surface area contributed by atoms with Crippen molar-refractivity contribution in [1.82, 2.24) is 9.78 Å². The fourth-order valence-electron chi connectivity index (χ4n) is 1.53. The third-order valence-corrected chi connectivity index (χ3v) is 3.64. The zero-order valence-corrected chi connectivity index (χ0v) is 11.8. The summed E-state index contributed by atoms with van der Waals surface area (Å²) in [5.74, 6) is 0. The molecule has 0 atom stereocenters. The molecule has 0 saturated carbocycles. The number of carbonyl (C=O) groups is 1. The predicted octanol–water partition coefficient (Wildman–Crippen LogP) is 3.97. The van der Waals surface area contributed by atoms with Crippen LogP contribution in [0.4, 0.5) is 0 Å². The third kappa shape index (κ3) is 2.39. The highest BCUT2D eigenvalue weighted by molar-refractivity contribution is 9.10. The number of hydrogen-bond donors (Lipinski definition) is 0. The second-order valence-electron chi connectivity index (χ2n) is 3.45. The van der Waals surface area contributed by atoms with Crippen molar-refractivity contribution < 1.29 is 4.79 Å². The van der Waals surface area contributed by atoms with E-state index in [1.54, 1.807) is 29.9 Å². The second kappa shape index (κ2) is 4.80. The molecular weight excluding hydrogens is 327 g/mol. The average Bonchev–Trinajstić information content (AvgIpc) is 2.54. The van der Waals surface area contributed by atoms with Gasteiger partial charge in [0.05, 0.1) is 5.56 Å². The van der Waals surface area contributed by atoms with Crippen LogP contribution < -0.4 is 0 Å². The smallest absolute Gasteiger partial charge is 0.155 e. The SMILES string of the molecule is Cn1nc(-c2cc(Cl)cc(Cl)c2)c(C=O)c1Br. The van der Waals surface area contributed by atoms with Crippen molar-refractivity contribution in [3.05, 3.63) is 38.4 Å². The molecule has 2 aromatic rings. The molecule has 0 amide bonds. The number of benzene rings is 1. The minimum absolute atomic E-state index is 0.478. The van der Waals surface area contributed by atoms with Crippen LogP contribution in [0.3, 0.4) is 0 Å². The third-order valence-electron chi connectivity index (χ3n) is 2.27. The molecule has 1 aromatic carbocycles. The first-order valence-electron chi connectivity index (χ1n) is 4.67. The molecule has 0 saturated heterocycles. The van der Waals surface area contributed by atoms with Crippen LogP contribution in [0.1, 0.15) is 10.4 Å². The van der Waals surface area contributed by atoms with Crippen LogP contribution in [0.25, 0.3) is 11.3 Å². The number of aldehydes is 1. The van der Waals surface area contributed by atoms with Gasteiger partial charge in [0, 0.05) is 22.7 Å². The fraction of sp³-hybridized carbons (Fsp3) is 0.0909. The molecule has 2 rings (SSSR count). The van der Waals surface area contributed by atoms with Crippen LogP contribution in [0.5, 0.6) is 0 Å². The summed E-state index contributed by atoms with van der Waals surface area (Å²) in [6.07, 6.45) is 0.751. The zero-order valence-electron chi connectivity index (χ0n) is 8.75. The Bertz CT molecular complexity index is 575. The largest absolute Gasteiger partial charge is 0.298 e. The summed E-state index contributed by atoms with van der Waals surface area (Å²) >= 11 is 15.1. The molecule has 0 radical (unpaired) electrons. The Labute approximate surface area is 116 Å². The molecule has 0 aliphatic heterocycles. The summed E-state index contributed by atoms with van der Waals surface area (Å²) in [4.78, 5) is 11.1. The highest BCUT2D eigenvalue weighted by Crippen LogP contribution is 2.31. The molecule has 88 valence electrons. The van der Waals surface area contributed by atoms with E-state index in [9.17, 15) is 4.79 Å². The van der Waals surface area contributed by atoms with Crippen LogP contribution in [0.15, 0.2) is 22.8 Å². The summed E-state index contributed by atoms with van der Waals surface area (Å²) in [6, 6.07) is 5.07. The summed E-state index contributed by atoms with van der Waals surface area (Å²) in [5.41, 5.74) is 1.75. The zero-order chi connectivity index (χ0) is 12.6. The van der Waals surface area contributed by atoms with E-state index in [4.69, 9.17) is 23.2 Å². The number of aromatic nitrogens is 2. The van der Waals surface area contributed by atoms with E-state index < -0.39 is 0 Å². The van der Waals surface area contributed by atoms with Crippen molar-refractivity contribution in [2.75, 3.05) is 0 Å². The van der Waals surface area contributed by atoms with Crippen LogP contribution in [0.2, 0.25) is 10.0 Å². The van der Waals surface area contributed by atoms with Gasteiger partial charge in [-0.05, 0) is 34.1 Å². The Morgan fingerprint density at radius 2 is 1.88 bits per heavy atom. The minimum Gasteiger partial charge on any atom is -0.298 e. The Balaban J connectivity index is 2.67. The van der Waals surface area contributed by atoms with E-state index in [0.717, 1.165) is 6.29 Å². The summed E-state index contributed by atoms with van der Waals surface area (Å²) in [5, 5.41) is 5.27. The van der Waals surface area contributed by atoms with E-state index in [1.165, 1.54) is 0 Å². The Morgan fingerprint density at radius 3 is 2.41 bits per heavy atom. The van der Waals surface area contributed by atoms with Gasteiger partial charge in [-0.15, -0.1) is 0 Å². The van der Waals surface area contributed by atoms with Gasteiger partial charge in [0.25, 0.3) is 0 Å². The lowest BCUT2D eigenvalue weighted by Gasteiger charge is -2.00. The lowest BCUT2D eigenvalue weighted by Crippen LogP contribution is -1.90. The first-order chi connectivity index (χ1) is 8.02. The lowest BCUT2D eigenvalue weighted by atomic mass is 10.1. The molecule has 0 N–H and O–H groups in total. The van der Waals surface area contributed by atoms with Crippen molar-refractivity contribution in [2.24, 2.45) is 7.05 Å². The van der Waals surface area contributed by atoms with Gasteiger partial charge < -0.3 is 0 Å². The first kappa shape index (κ1) is 12.6. The molecule has 1 aromatic heterocycles. The van der Waals surface area contributed by atoms with Crippen molar-refractivity contribution in [1.29, 1.82) is 0 Å². The number of halogens is 3. The Hall–Kier alpha value is -0.840. The molecule has 1 heterocycles. The number of aryl methyl sites for hydroxylation is 1. The minimum atomic E-state index is 0.478. The first-order valence-corrected chi connectivity index (χ1v) is 6.22. The lowest BCUT2D eigenvalue weighted by molar-refractivity contribution is 0.112. The monoisotopic (exact) mass is 332 g/mol. The van der Waals surface area contributed by atoms with Crippen LogP contribution >= 0.6 is 39.1 Å².